The van der Waals surface area contributed by atoms with Crippen LogP contribution in [0.4, 0.5) is 0 Å². The normalized spacial score (nSPS) is 28.7. The maximum absolute atomic E-state index is 13.7. The van der Waals surface area contributed by atoms with Gasteiger partial charge in [0, 0.05) is 38.5 Å². The molecule has 0 N–H and O–H groups in total. The third-order valence-electron chi connectivity index (χ3n) is 7.26. The lowest BCUT2D eigenvalue weighted by atomic mass is 9.74. The minimum atomic E-state index is -1.08. The Bertz CT molecular complexity index is 852. The molecule has 2 aliphatic heterocycles. The van der Waals surface area contributed by atoms with Crippen LogP contribution in [-0.2, 0) is 19.8 Å². The molecule has 2 saturated heterocycles. The smallest absolute Gasteiger partial charge is 0.240 e. The summed E-state index contributed by atoms with van der Waals surface area (Å²) in [6, 6.07) is 8.03. The molecule has 4 rings (SSSR count). The summed E-state index contributed by atoms with van der Waals surface area (Å²) in [5, 5.41) is 0. The van der Waals surface area contributed by atoms with Crippen LogP contribution in [0.15, 0.2) is 24.3 Å². The van der Waals surface area contributed by atoms with E-state index in [2.05, 4.69) is 0 Å². The number of hydrogen-bond donors (Lipinski definition) is 0. The molecule has 162 valence electrons. The Balaban J connectivity index is 1.66. The summed E-state index contributed by atoms with van der Waals surface area (Å²) in [4.78, 5) is 45.5. The van der Waals surface area contributed by atoms with Gasteiger partial charge in [0.15, 0.2) is 0 Å². The van der Waals surface area contributed by atoms with Crippen molar-refractivity contribution < 1.29 is 14.4 Å². The SMILES string of the molecule is Cc1ccccc1C1(CC(=O)N2CC3CCCC2C3)CC(=O)N(CCN(C)C)C1=O. The fourth-order valence-corrected chi connectivity index (χ4v) is 5.68. The Labute approximate surface area is 179 Å². The van der Waals surface area contributed by atoms with Crippen molar-refractivity contribution in [2.24, 2.45) is 5.92 Å². The van der Waals surface area contributed by atoms with E-state index in [-0.39, 0.29) is 30.6 Å². The lowest BCUT2D eigenvalue weighted by Gasteiger charge is -2.32. The van der Waals surface area contributed by atoms with Gasteiger partial charge in [-0.25, -0.2) is 0 Å². The molecule has 0 aromatic heterocycles. The zero-order chi connectivity index (χ0) is 21.5. The lowest BCUT2D eigenvalue weighted by Crippen LogP contribution is -2.45. The summed E-state index contributed by atoms with van der Waals surface area (Å²) in [5.74, 6) is 0.250. The van der Waals surface area contributed by atoms with Crippen molar-refractivity contribution >= 4 is 17.7 Å². The number of likely N-dealkylation sites (N-methyl/N-ethyl adjacent to an activating group) is 1. The van der Waals surface area contributed by atoms with Crippen LogP contribution < -0.4 is 0 Å². The first kappa shape index (κ1) is 21.0. The number of nitrogens with zero attached hydrogens (tertiary/aromatic N) is 3. The number of carbonyl (C=O) groups excluding carboxylic acids is 3. The van der Waals surface area contributed by atoms with Gasteiger partial charge >= 0.3 is 0 Å². The fourth-order valence-electron chi connectivity index (χ4n) is 5.68. The molecule has 1 aromatic carbocycles. The van der Waals surface area contributed by atoms with E-state index < -0.39 is 5.41 Å². The maximum atomic E-state index is 13.7. The van der Waals surface area contributed by atoms with E-state index in [1.165, 1.54) is 17.7 Å². The van der Waals surface area contributed by atoms with Gasteiger partial charge in [-0.05, 0) is 57.3 Å². The summed E-state index contributed by atoms with van der Waals surface area (Å²) in [7, 11) is 3.85. The Hall–Kier alpha value is -2.21. The largest absolute Gasteiger partial charge is 0.339 e. The molecule has 2 bridgehead atoms. The third-order valence-corrected chi connectivity index (χ3v) is 7.26. The number of fused-ring (bicyclic) bond motifs is 2. The van der Waals surface area contributed by atoms with Gasteiger partial charge in [0.25, 0.3) is 0 Å². The Morgan fingerprint density at radius 3 is 2.67 bits per heavy atom. The second-order valence-electron chi connectivity index (χ2n) is 9.64. The molecule has 3 aliphatic rings. The predicted octanol–water partition coefficient (Wildman–Crippen LogP) is 2.34. The predicted molar refractivity (Wildman–Crippen MR) is 115 cm³/mol. The lowest BCUT2D eigenvalue weighted by molar-refractivity contribution is -0.143. The van der Waals surface area contributed by atoms with Gasteiger partial charge < -0.3 is 9.80 Å². The molecule has 6 heteroatoms. The van der Waals surface area contributed by atoms with E-state index in [1.807, 2.05) is 55.1 Å². The highest BCUT2D eigenvalue weighted by Gasteiger charge is 2.55. The van der Waals surface area contributed by atoms with E-state index in [0.29, 0.717) is 25.0 Å². The molecule has 3 unspecified atom stereocenters. The highest BCUT2D eigenvalue weighted by atomic mass is 16.2. The van der Waals surface area contributed by atoms with Crippen LogP contribution in [0.3, 0.4) is 0 Å². The summed E-state index contributed by atoms with van der Waals surface area (Å²) >= 11 is 0. The van der Waals surface area contributed by atoms with E-state index in [0.717, 1.165) is 30.5 Å². The zero-order valence-corrected chi connectivity index (χ0v) is 18.4. The maximum Gasteiger partial charge on any atom is 0.240 e. The average Bonchev–Trinajstić information content (AvgIpc) is 3.13. The van der Waals surface area contributed by atoms with Crippen LogP contribution in [0, 0.1) is 12.8 Å². The van der Waals surface area contributed by atoms with Crippen molar-refractivity contribution in [3.8, 4) is 0 Å². The first-order valence-electron chi connectivity index (χ1n) is 11.2. The summed E-state index contributed by atoms with van der Waals surface area (Å²) < 4.78 is 0. The van der Waals surface area contributed by atoms with E-state index in [4.69, 9.17) is 0 Å². The van der Waals surface area contributed by atoms with Crippen molar-refractivity contribution in [2.75, 3.05) is 33.7 Å². The molecule has 3 atom stereocenters. The number of benzene rings is 1. The zero-order valence-electron chi connectivity index (χ0n) is 18.4. The van der Waals surface area contributed by atoms with Crippen LogP contribution in [0.1, 0.15) is 49.7 Å². The molecule has 0 radical (unpaired) electrons. The number of aryl methyl sites for hydroxylation is 1. The quantitative estimate of drug-likeness (QED) is 0.674. The number of likely N-dealkylation sites (tertiary alicyclic amines) is 2. The van der Waals surface area contributed by atoms with Crippen LogP contribution >= 0.6 is 0 Å². The molecular formula is C24H33N3O3. The van der Waals surface area contributed by atoms with E-state index in [1.54, 1.807) is 0 Å². The molecule has 2 heterocycles. The highest BCUT2D eigenvalue weighted by Crippen LogP contribution is 2.43. The Kier molecular flexibility index (Phi) is 5.71. The van der Waals surface area contributed by atoms with Crippen molar-refractivity contribution in [1.29, 1.82) is 0 Å². The minimum Gasteiger partial charge on any atom is -0.339 e. The van der Waals surface area contributed by atoms with Gasteiger partial charge in [-0.3, -0.25) is 19.3 Å². The molecule has 1 aliphatic carbocycles. The number of hydrogen-bond acceptors (Lipinski definition) is 4. The van der Waals surface area contributed by atoms with Crippen molar-refractivity contribution in [3.05, 3.63) is 35.4 Å². The fraction of sp³-hybridized carbons (Fsp3) is 0.625. The van der Waals surface area contributed by atoms with Gasteiger partial charge in [0.1, 0.15) is 0 Å². The highest BCUT2D eigenvalue weighted by molar-refractivity contribution is 6.11. The molecule has 1 aromatic rings. The molecule has 3 amide bonds. The Morgan fingerprint density at radius 2 is 1.97 bits per heavy atom. The summed E-state index contributed by atoms with van der Waals surface area (Å²) in [6.07, 6.45) is 4.69. The standard InChI is InChI=1S/C24H33N3O3/c1-17-7-4-5-10-20(17)24(14-21(28)26(23(24)30)12-11-25(2)3)15-22(29)27-16-18-8-6-9-19(27)13-18/h4-5,7,10,18-19H,6,8-9,11-16H2,1-3H3. The van der Waals surface area contributed by atoms with Crippen LogP contribution in [0.2, 0.25) is 0 Å². The number of imide groups is 1. The van der Waals surface area contributed by atoms with Crippen molar-refractivity contribution in [2.45, 2.75) is 56.9 Å². The number of rotatable bonds is 6. The first-order valence-corrected chi connectivity index (χ1v) is 11.2. The van der Waals surface area contributed by atoms with Gasteiger partial charge in [-0.15, -0.1) is 0 Å². The van der Waals surface area contributed by atoms with E-state index in [9.17, 15) is 14.4 Å². The summed E-state index contributed by atoms with van der Waals surface area (Å²) in [6.45, 7) is 3.75. The van der Waals surface area contributed by atoms with Crippen LogP contribution in [0.25, 0.3) is 0 Å². The second-order valence-corrected chi connectivity index (χ2v) is 9.64. The minimum absolute atomic E-state index is 0.0308. The third kappa shape index (κ3) is 3.66. The molecule has 1 saturated carbocycles. The topological polar surface area (TPSA) is 60.9 Å². The first-order chi connectivity index (χ1) is 14.3. The average molecular weight is 412 g/mol. The molecule has 3 fully saturated rings. The summed E-state index contributed by atoms with van der Waals surface area (Å²) in [5.41, 5.74) is 0.704. The second kappa shape index (κ2) is 8.14. The van der Waals surface area contributed by atoms with Gasteiger partial charge in [-0.2, -0.15) is 0 Å². The van der Waals surface area contributed by atoms with Crippen molar-refractivity contribution in [3.63, 3.8) is 0 Å². The molecular weight excluding hydrogens is 378 g/mol. The van der Waals surface area contributed by atoms with Gasteiger partial charge in [0.05, 0.1) is 5.41 Å². The number of amides is 3. The van der Waals surface area contributed by atoms with Gasteiger partial charge in [0.2, 0.25) is 17.7 Å². The van der Waals surface area contributed by atoms with Crippen molar-refractivity contribution in [1.82, 2.24) is 14.7 Å². The molecule has 6 nitrogen and oxygen atoms in total. The molecule has 30 heavy (non-hydrogen) atoms. The molecule has 0 spiro atoms. The number of carbonyl (C=O) groups is 3. The van der Waals surface area contributed by atoms with Crippen LogP contribution in [-0.4, -0.2) is 72.2 Å². The monoisotopic (exact) mass is 411 g/mol. The van der Waals surface area contributed by atoms with E-state index >= 15 is 0 Å². The Morgan fingerprint density at radius 1 is 1.20 bits per heavy atom. The van der Waals surface area contributed by atoms with Gasteiger partial charge in [-0.1, -0.05) is 30.7 Å². The van der Waals surface area contributed by atoms with Crippen LogP contribution in [0.5, 0.6) is 0 Å².